The third-order valence-corrected chi connectivity index (χ3v) is 4.29. The van der Waals surface area contributed by atoms with E-state index in [0.717, 1.165) is 43.9 Å². The van der Waals surface area contributed by atoms with Crippen LogP contribution in [0.3, 0.4) is 0 Å². The molecule has 0 aromatic heterocycles. The second kappa shape index (κ2) is 8.79. The van der Waals surface area contributed by atoms with E-state index in [4.69, 9.17) is 10.5 Å². The molecule has 0 spiro atoms. The van der Waals surface area contributed by atoms with Gasteiger partial charge < -0.3 is 10.5 Å². The molecule has 1 saturated heterocycles. The van der Waals surface area contributed by atoms with Crippen LogP contribution in [0.5, 0.6) is 5.75 Å². The molecule has 2 rings (SSSR count). The number of nitrogens with zero attached hydrogens (tertiary/aromatic N) is 2. The van der Waals surface area contributed by atoms with Crippen molar-refractivity contribution < 1.29 is 4.74 Å². The standard InChI is InChI=1S/C18H29N3O/c1-3-5-13-22-17-10-8-15(9-11-17)18(19)20-14-16-7-6-12-21(16)4-2/h8-11,16H,3-7,12-14H2,1-2H3,(H2,19,20). The number of amidine groups is 1. The Morgan fingerprint density at radius 1 is 1.32 bits per heavy atom. The van der Waals surface area contributed by atoms with E-state index in [1.807, 2.05) is 24.3 Å². The van der Waals surface area contributed by atoms with Crippen LogP contribution in [-0.2, 0) is 0 Å². The van der Waals surface area contributed by atoms with Crippen LogP contribution in [0.15, 0.2) is 29.3 Å². The number of aliphatic imine (C=N–C) groups is 1. The van der Waals surface area contributed by atoms with Crippen molar-refractivity contribution in [2.45, 2.75) is 45.6 Å². The Hall–Kier alpha value is -1.55. The van der Waals surface area contributed by atoms with Gasteiger partial charge >= 0.3 is 0 Å². The largest absolute Gasteiger partial charge is 0.494 e. The molecule has 0 radical (unpaired) electrons. The maximum absolute atomic E-state index is 6.12. The average molecular weight is 303 g/mol. The molecule has 1 atom stereocenters. The lowest BCUT2D eigenvalue weighted by Gasteiger charge is -2.20. The summed E-state index contributed by atoms with van der Waals surface area (Å²) in [4.78, 5) is 7.08. The van der Waals surface area contributed by atoms with Gasteiger partial charge in [0, 0.05) is 11.6 Å². The van der Waals surface area contributed by atoms with Gasteiger partial charge in [-0.2, -0.15) is 0 Å². The number of hydrogen-bond donors (Lipinski definition) is 1. The van der Waals surface area contributed by atoms with Gasteiger partial charge in [-0.1, -0.05) is 20.3 Å². The third-order valence-electron chi connectivity index (χ3n) is 4.29. The fourth-order valence-corrected chi connectivity index (χ4v) is 2.87. The lowest BCUT2D eigenvalue weighted by Crippen LogP contribution is -2.32. The number of nitrogens with two attached hydrogens (primary N) is 1. The summed E-state index contributed by atoms with van der Waals surface area (Å²) in [6.45, 7) is 8.24. The van der Waals surface area contributed by atoms with Gasteiger partial charge in [0.1, 0.15) is 11.6 Å². The van der Waals surface area contributed by atoms with Crippen LogP contribution in [0, 0.1) is 0 Å². The first-order valence-corrected chi connectivity index (χ1v) is 8.51. The molecule has 1 aliphatic heterocycles. The number of ether oxygens (including phenoxy) is 1. The monoisotopic (exact) mass is 303 g/mol. The molecule has 0 bridgehead atoms. The number of benzene rings is 1. The van der Waals surface area contributed by atoms with Crippen molar-refractivity contribution >= 4 is 5.84 Å². The van der Waals surface area contributed by atoms with Gasteiger partial charge in [-0.25, -0.2) is 0 Å². The molecule has 0 aliphatic carbocycles. The van der Waals surface area contributed by atoms with Crippen molar-refractivity contribution in [1.82, 2.24) is 4.90 Å². The van der Waals surface area contributed by atoms with Gasteiger partial charge in [-0.15, -0.1) is 0 Å². The molecular formula is C18H29N3O. The van der Waals surface area contributed by atoms with Crippen molar-refractivity contribution in [3.63, 3.8) is 0 Å². The summed E-state index contributed by atoms with van der Waals surface area (Å²) in [6.07, 6.45) is 4.74. The Morgan fingerprint density at radius 2 is 2.09 bits per heavy atom. The number of unbranched alkanes of at least 4 members (excludes halogenated alkanes) is 1. The van der Waals surface area contributed by atoms with E-state index in [0.29, 0.717) is 11.9 Å². The SMILES string of the molecule is CCCCOc1ccc(C(N)=NCC2CCCN2CC)cc1. The van der Waals surface area contributed by atoms with Gasteiger partial charge in [0.15, 0.2) is 0 Å². The van der Waals surface area contributed by atoms with Gasteiger partial charge in [-0.05, 0) is 56.6 Å². The average Bonchev–Trinajstić information content (AvgIpc) is 3.01. The summed E-state index contributed by atoms with van der Waals surface area (Å²) in [5, 5.41) is 0. The zero-order valence-corrected chi connectivity index (χ0v) is 13.9. The molecule has 4 heteroatoms. The summed E-state index contributed by atoms with van der Waals surface area (Å²) in [7, 11) is 0. The quantitative estimate of drug-likeness (QED) is 0.456. The number of likely N-dealkylation sites (N-methyl/N-ethyl adjacent to an activating group) is 1. The van der Waals surface area contributed by atoms with Crippen LogP contribution in [0.25, 0.3) is 0 Å². The summed E-state index contributed by atoms with van der Waals surface area (Å²) in [5.41, 5.74) is 7.10. The van der Waals surface area contributed by atoms with Crippen molar-refractivity contribution in [3.05, 3.63) is 29.8 Å². The third kappa shape index (κ3) is 4.73. The lowest BCUT2D eigenvalue weighted by atomic mass is 10.2. The first-order chi connectivity index (χ1) is 10.7. The van der Waals surface area contributed by atoms with Gasteiger partial charge in [-0.3, -0.25) is 9.89 Å². The second-order valence-electron chi connectivity index (χ2n) is 5.88. The molecule has 1 aromatic carbocycles. The van der Waals surface area contributed by atoms with E-state index in [-0.39, 0.29) is 0 Å². The normalized spacial score (nSPS) is 19.5. The van der Waals surface area contributed by atoms with Gasteiger partial charge in [0.05, 0.1) is 13.2 Å². The molecule has 2 N–H and O–H groups in total. The minimum atomic E-state index is 0.556. The van der Waals surface area contributed by atoms with Crippen LogP contribution >= 0.6 is 0 Å². The highest BCUT2D eigenvalue weighted by molar-refractivity contribution is 5.97. The summed E-state index contributed by atoms with van der Waals surface area (Å²) in [6, 6.07) is 8.49. The maximum Gasteiger partial charge on any atom is 0.125 e. The van der Waals surface area contributed by atoms with E-state index in [1.165, 1.54) is 19.4 Å². The Bertz CT molecular complexity index is 470. The van der Waals surface area contributed by atoms with Gasteiger partial charge in [0.25, 0.3) is 0 Å². The highest BCUT2D eigenvalue weighted by Crippen LogP contribution is 2.17. The molecular weight excluding hydrogens is 274 g/mol. The minimum Gasteiger partial charge on any atom is -0.494 e. The summed E-state index contributed by atoms with van der Waals surface area (Å²) in [5.74, 6) is 1.53. The van der Waals surface area contributed by atoms with Crippen LogP contribution in [-0.4, -0.2) is 43.0 Å². The highest BCUT2D eigenvalue weighted by atomic mass is 16.5. The highest BCUT2D eigenvalue weighted by Gasteiger charge is 2.22. The predicted molar refractivity (Wildman–Crippen MR) is 92.7 cm³/mol. The van der Waals surface area contributed by atoms with Crippen molar-refractivity contribution in [2.75, 3.05) is 26.2 Å². The fourth-order valence-electron chi connectivity index (χ4n) is 2.87. The Morgan fingerprint density at radius 3 is 2.77 bits per heavy atom. The summed E-state index contributed by atoms with van der Waals surface area (Å²) < 4.78 is 5.66. The van der Waals surface area contributed by atoms with Crippen molar-refractivity contribution in [2.24, 2.45) is 10.7 Å². The molecule has 4 nitrogen and oxygen atoms in total. The zero-order valence-electron chi connectivity index (χ0n) is 13.9. The zero-order chi connectivity index (χ0) is 15.8. The maximum atomic E-state index is 6.12. The molecule has 1 unspecified atom stereocenters. The first-order valence-electron chi connectivity index (χ1n) is 8.51. The van der Waals surface area contributed by atoms with Crippen molar-refractivity contribution in [1.29, 1.82) is 0 Å². The lowest BCUT2D eigenvalue weighted by molar-refractivity contribution is 0.273. The molecule has 122 valence electrons. The van der Waals surface area contributed by atoms with E-state index >= 15 is 0 Å². The van der Waals surface area contributed by atoms with Crippen LogP contribution in [0.2, 0.25) is 0 Å². The molecule has 1 aliphatic rings. The summed E-state index contributed by atoms with van der Waals surface area (Å²) >= 11 is 0. The molecule has 1 fully saturated rings. The fraction of sp³-hybridized carbons (Fsp3) is 0.611. The Kier molecular flexibility index (Phi) is 6.72. The molecule has 0 saturated carbocycles. The smallest absolute Gasteiger partial charge is 0.125 e. The topological polar surface area (TPSA) is 50.9 Å². The van der Waals surface area contributed by atoms with Crippen LogP contribution in [0.1, 0.15) is 45.1 Å². The molecule has 0 amide bonds. The number of rotatable bonds is 8. The van der Waals surface area contributed by atoms with Crippen LogP contribution < -0.4 is 10.5 Å². The van der Waals surface area contributed by atoms with Gasteiger partial charge in [0.2, 0.25) is 0 Å². The molecule has 22 heavy (non-hydrogen) atoms. The molecule has 1 heterocycles. The van der Waals surface area contributed by atoms with E-state index in [1.54, 1.807) is 0 Å². The Balaban J connectivity index is 1.88. The number of hydrogen-bond acceptors (Lipinski definition) is 3. The van der Waals surface area contributed by atoms with E-state index in [2.05, 4.69) is 23.7 Å². The predicted octanol–water partition coefficient (Wildman–Crippen LogP) is 3.06. The minimum absolute atomic E-state index is 0.556. The van der Waals surface area contributed by atoms with E-state index < -0.39 is 0 Å². The molecule has 1 aromatic rings. The number of likely N-dealkylation sites (tertiary alicyclic amines) is 1. The Labute approximate surface area is 134 Å². The van der Waals surface area contributed by atoms with Crippen LogP contribution in [0.4, 0.5) is 0 Å². The van der Waals surface area contributed by atoms with E-state index in [9.17, 15) is 0 Å². The van der Waals surface area contributed by atoms with Crippen molar-refractivity contribution in [3.8, 4) is 5.75 Å². The second-order valence-corrected chi connectivity index (χ2v) is 5.88. The first kappa shape index (κ1) is 16.8.